The number of rotatable bonds is 13. The van der Waals surface area contributed by atoms with E-state index in [2.05, 4.69) is 26.1 Å². The van der Waals surface area contributed by atoms with Gasteiger partial charge in [-0.2, -0.15) is 0 Å². The van der Waals surface area contributed by atoms with Gasteiger partial charge in [0.05, 0.1) is 0 Å². The molecule has 1 unspecified atom stereocenters. The first-order valence-corrected chi connectivity index (χ1v) is 7.62. The molecule has 0 amide bonds. The van der Waals surface area contributed by atoms with Crippen LogP contribution in [-0.4, -0.2) is 25.8 Å². The van der Waals surface area contributed by atoms with E-state index in [0.717, 1.165) is 19.8 Å². The van der Waals surface area contributed by atoms with Gasteiger partial charge in [-0.05, 0) is 39.2 Å². The number of hydrogen-bond acceptors (Lipinski definition) is 2. The minimum atomic E-state index is 0.642. The van der Waals surface area contributed by atoms with Crippen LogP contribution in [0.15, 0.2) is 0 Å². The van der Waals surface area contributed by atoms with Crippen molar-refractivity contribution in [1.29, 1.82) is 0 Å². The van der Waals surface area contributed by atoms with Crippen LogP contribution in [0, 0.1) is 0 Å². The minimum Gasteiger partial charge on any atom is -0.381 e. The Labute approximate surface area is 109 Å². The lowest BCUT2D eigenvalue weighted by molar-refractivity contribution is 0.124. The zero-order valence-electron chi connectivity index (χ0n) is 12.3. The molecule has 0 aromatic rings. The van der Waals surface area contributed by atoms with Gasteiger partial charge in [-0.25, -0.2) is 0 Å². The summed E-state index contributed by atoms with van der Waals surface area (Å²) in [6.45, 7) is 9.76. The second kappa shape index (κ2) is 14.0. The zero-order valence-corrected chi connectivity index (χ0v) is 12.3. The highest BCUT2D eigenvalue weighted by Gasteiger charge is 1.99. The van der Waals surface area contributed by atoms with Crippen LogP contribution in [0.25, 0.3) is 0 Å². The molecule has 2 heteroatoms. The Morgan fingerprint density at radius 2 is 1.59 bits per heavy atom. The first-order chi connectivity index (χ1) is 8.31. The Hall–Kier alpha value is -0.0800. The van der Waals surface area contributed by atoms with E-state index in [1.165, 1.54) is 51.4 Å². The fourth-order valence-electron chi connectivity index (χ4n) is 1.89. The summed E-state index contributed by atoms with van der Waals surface area (Å²) >= 11 is 0. The molecule has 0 bridgehead atoms. The summed E-state index contributed by atoms with van der Waals surface area (Å²) in [5.74, 6) is 0. The second-order valence-corrected chi connectivity index (χ2v) is 5.02. The van der Waals surface area contributed by atoms with Crippen LogP contribution in [0.5, 0.6) is 0 Å². The molecule has 17 heavy (non-hydrogen) atoms. The topological polar surface area (TPSA) is 21.3 Å². The van der Waals surface area contributed by atoms with Crippen molar-refractivity contribution in [1.82, 2.24) is 5.32 Å². The van der Waals surface area contributed by atoms with Crippen molar-refractivity contribution < 1.29 is 4.74 Å². The quantitative estimate of drug-likeness (QED) is 0.491. The molecule has 0 saturated heterocycles. The Bertz CT molecular complexity index is 139. The van der Waals surface area contributed by atoms with E-state index in [0.29, 0.717) is 6.04 Å². The molecule has 0 radical (unpaired) electrons. The number of ether oxygens (including phenoxy) is 1. The molecule has 0 aliphatic heterocycles. The van der Waals surface area contributed by atoms with Crippen LogP contribution >= 0.6 is 0 Å². The normalized spacial score (nSPS) is 12.9. The van der Waals surface area contributed by atoms with Gasteiger partial charge in [-0.3, -0.25) is 0 Å². The summed E-state index contributed by atoms with van der Waals surface area (Å²) in [4.78, 5) is 0. The molecule has 2 nitrogen and oxygen atoms in total. The molecule has 0 aromatic heterocycles. The van der Waals surface area contributed by atoms with Gasteiger partial charge in [0.15, 0.2) is 0 Å². The van der Waals surface area contributed by atoms with E-state index in [1.807, 2.05) is 0 Å². The Morgan fingerprint density at radius 3 is 2.29 bits per heavy atom. The molecule has 1 N–H and O–H groups in total. The zero-order chi connectivity index (χ0) is 12.8. The van der Waals surface area contributed by atoms with E-state index in [9.17, 15) is 0 Å². The summed E-state index contributed by atoms with van der Waals surface area (Å²) in [6, 6.07) is 0.642. The molecule has 0 heterocycles. The smallest absolute Gasteiger partial charge is 0.0466 e. The Kier molecular flexibility index (Phi) is 13.9. The molecule has 0 saturated carbocycles. The number of nitrogens with one attached hydrogen (secondary N) is 1. The van der Waals surface area contributed by atoms with Crippen LogP contribution in [0.3, 0.4) is 0 Å². The van der Waals surface area contributed by atoms with Crippen molar-refractivity contribution in [2.75, 3.05) is 19.8 Å². The molecule has 0 fully saturated rings. The van der Waals surface area contributed by atoms with Crippen molar-refractivity contribution >= 4 is 0 Å². The first kappa shape index (κ1) is 16.9. The van der Waals surface area contributed by atoms with E-state index in [4.69, 9.17) is 4.74 Å². The first-order valence-electron chi connectivity index (χ1n) is 7.62. The van der Waals surface area contributed by atoms with Crippen LogP contribution < -0.4 is 5.32 Å². The third-order valence-corrected chi connectivity index (χ3v) is 3.06. The van der Waals surface area contributed by atoms with Crippen molar-refractivity contribution in [3.8, 4) is 0 Å². The standard InChI is InChI=1S/C15H33NO/c1-4-6-7-8-9-13-17-14-10-11-15(3)16-12-5-2/h15-16H,4-14H2,1-3H3. The fourth-order valence-corrected chi connectivity index (χ4v) is 1.89. The van der Waals surface area contributed by atoms with Gasteiger partial charge in [0.2, 0.25) is 0 Å². The van der Waals surface area contributed by atoms with Crippen molar-refractivity contribution in [2.45, 2.75) is 78.2 Å². The fraction of sp³-hybridized carbons (Fsp3) is 1.00. The average Bonchev–Trinajstić information content (AvgIpc) is 2.34. The molecule has 0 rings (SSSR count). The second-order valence-electron chi connectivity index (χ2n) is 5.02. The minimum absolute atomic E-state index is 0.642. The number of hydrogen-bond donors (Lipinski definition) is 1. The molecular formula is C15H33NO. The maximum absolute atomic E-state index is 5.64. The molecule has 104 valence electrons. The lowest BCUT2D eigenvalue weighted by atomic mass is 10.2. The van der Waals surface area contributed by atoms with E-state index in [-0.39, 0.29) is 0 Å². The lowest BCUT2D eigenvalue weighted by Gasteiger charge is -2.12. The van der Waals surface area contributed by atoms with Gasteiger partial charge in [-0.1, -0.05) is 39.5 Å². The highest BCUT2D eigenvalue weighted by atomic mass is 16.5. The molecule has 0 spiro atoms. The third-order valence-electron chi connectivity index (χ3n) is 3.06. The molecule has 1 atom stereocenters. The molecule has 0 aliphatic carbocycles. The van der Waals surface area contributed by atoms with Crippen LogP contribution in [0.2, 0.25) is 0 Å². The SMILES string of the molecule is CCCCCCCOCCCC(C)NCCC. The van der Waals surface area contributed by atoms with Crippen LogP contribution in [0.1, 0.15) is 72.1 Å². The summed E-state index contributed by atoms with van der Waals surface area (Å²) in [7, 11) is 0. The summed E-state index contributed by atoms with van der Waals surface area (Å²) in [6.07, 6.45) is 10.3. The highest BCUT2D eigenvalue weighted by Crippen LogP contribution is 2.03. The molecule has 0 aliphatic rings. The third kappa shape index (κ3) is 13.9. The van der Waals surface area contributed by atoms with Crippen molar-refractivity contribution in [2.24, 2.45) is 0 Å². The van der Waals surface area contributed by atoms with Crippen molar-refractivity contribution in [3.63, 3.8) is 0 Å². The highest BCUT2D eigenvalue weighted by molar-refractivity contribution is 4.59. The molecular weight excluding hydrogens is 210 g/mol. The predicted molar refractivity (Wildman–Crippen MR) is 76.6 cm³/mol. The van der Waals surface area contributed by atoms with E-state index >= 15 is 0 Å². The van der Waals surface area contributed by atoms with E-state index in [1.54, 1.807) is 0 Å². The largest absolute Gasteiger partial charge is 0.381 e. The predicted octanol–water partition coefficient (Wildman–Crippen LogP) is 4.14. The van der Waals surface area contributed by atoms with Gasteiger partial charge in [-0.15, -0.1) is 0 Å². The summed E-state index contributed by atoms with van der Waals surface area (Å²) in [5, 5.41) is 3.50. The summed E-state index contributed by atoms with van der Waals surface area (Å²) < 4.78 is 5.64. The maximum atomic E-state index is 5.64. The average molecular weight is 243 g/mol. The Morgan fingerprint density at radius 1 is 0.882 bits per heavy atom. The van der Waals surface area contributed by atoms with E-state index < -0.39 is 0 Å². The number of unbranched alkanes of at least 4 members (excludes halogenated alkanes) is 4. The Balaban J connectivity index is 3.02. The van der Waals surface area contributed by atoms with Gasteiger partial charge in [0.25, 0.3) is 0 Å². The monoisotopic (exact) mass is 243 g/mol. The molecule has 0 aromatic carbocycles. The van der Waals surface area contributed by atoms with Crippen molar-refractivity contribution in [3.05, 3.63) is 0 Å². The van der Waals surface area contributed by atoms with Crippen LogP contribution in [0.4, 0.5) is 0 Å². The van der Waals surface area contributed by atoms with Gasteiger partial charge >= 0.3 is 0 Å². The lowest BCUT2D eigenvalue weighted by Crippen LogP contribution is -2.26. The van der Waals surface area contributed by atoms with Crippen LogP contribution in [-0.2, 0) is 4.74 Å². The van der Waals surface area contributed by atoms with Gasteiger partial charge < -0.3 is 10.1 Å². The van der Waals surface area contributed by atoms with Gasteiger partial charge in [0.1, 0.15) is 0 Å². The summed E-state index contributed by atoms with van der Waals surface area (Å²) in [5.41, 5.74) is 0. The van der Waals surface area contributed by atoms with Gasteiger partial charge in [0, 0.05) is 19.3 Å². The maximum Gasteiger partial charge on any atom is 0.0466 e.